The minimum atomic E-state index is 0.445. The third-order valence-electron chi connectivity index (χ3n) is 1.50. The second-order valence-electron chi connectivity index (χ2n) is 4.16. The van der Waals surface area contributed by atoms with Gasteiger partial charge in [0.25, 0.3) is 0 Å². The summed E-state index contributed by atoms with van der Waals surface area (Å²) in [4.78, 5) is 0. The fraction of sp³-hybridized carbons (Fsp3) is 0.818. The molecule has 64 valence electrons. The molecule has 0 radical (unpaired) electrons. The molecule has 0 saturated heterocycles. The van der Waals surface area contributed by atoms with E-state index in [1.54, 1.807) is 0 Å². The SMILES string of the molecule is CCCC#CCCC(C)(C)C. The lowest BCUT2D eigenvalue weighted by Crippen LogP contribution is -2.03. The minimum Gasteiger partial charge on any atom is -0.103 e. The Bertz CT molecular complexity index is 138. The summed E-state index contributed by atoms with van der Waals surface area (Å²) < 4.78 is 0. The number of unbranched alkanes of at least 4 members (excludes halogenated alkanes) is 1. The smallest absolute Gasteiger partial charge is 0.00936 e. The molecule has 0 nitrogen and oxygen atoms in total. The lowest BCUT2D eigenvalue weighted by molar-refractivity contribution is 0.384. The van der Waals surface area contributed by atoms with Crippen molar-refractivity contribution in [2.45, 2.75) is 53.4 Å². The van der Waals surface area contributed by atoms with Gasteiger partial charge in [-0.25, -0.2) is 0 Å². The van der Waals surface area contributed by atoms with Crippen LogP contribution >= 0.6 is 0 Å². The lowest BCUT2D eigenvalue weighted by Gasteiger charge is -2.15. The van der Waals surface area contributed by atoms with E-state index in [9.17, 15) is 0 Å². The zero-order chi connectivity index (χ0) is 8.74. The molecule has 0 heteroatoms. The predicted molar refractivity (Wildman–Crippen MR) is 51.4 cm³/mol. The molecule has 0 aromatic rings. The van der Waals surface area contributed by atoms with Gasteiger partial charge in [0.05, 0.1) is 0 Å². The van der Waals surface area contributed by atoms with Crippen molar-refractivity contribution in [3.63, 3.8) is 0 Å². The zero-order valence-corrected chi connectivity index (χ0v) is 8.33. The van der Waals surface area contributed by atoms with E-state index in [1.807, 2.05) is 0 Å². The Hall–Kier alpha value is -0.440. The van der Waals surface area contributed by atoms with Crippen LogP contribution in [0.2, 0.25) is 0 Å². The quantitative estimate of drug-likeness (QED) is 0.530. The third kappa shape index (κ3) is 9.56. The second-order valence-corrected chi connectivity index (χ2v) is 4.16. The van der Waals surface area contributed by atoms with Crippen LogP contribution in [0, 0.1) is 17.3 Å². The topological polar surface area (TPSA) is 0 Å². The van der Waals surface area contributed by atoms with E-state index in [1.165, 1.54) is 12.8 Å². The Morgan fingerprint density at radius 1 is 1.00 bits per heavy atom. The molecule has 0 heterocycles. The molecule has 0 amide bonds. The van der Waals surface area contributed by atoms with Gasteiger partial charge in [0.1, 0.15) is 0 Å². The highest BCUT2D eigenvalue weighted by Gasteiger charge is 2.07. The molecule has 0 aromatic carbocycles. The second kappa shape index (κ2) is 5.24. The van der Waals surface area contributed by atoms with Crippen molar-refractivity contribution in [3.8, 4) is 11.8 Å². The Morgan fingerprint density at radius 3 is 2.00 bits per heavy atom. The van der Waals surface area contributed by atoms with Gasteiger partial charge in [-0.1, -0.05) is 27.7 Å². The molecule has 0 aliphatic heterocycles. The fourth-order valence-corrected chi connectivity index (χ4v) is 0.739. The van der Waals surface area contributed by atoms with Crippen LogP contribution in [-0.2, 0) is 0 Å². The molecule has 0 spiro atoms. The molecule has 11 heavy (non-hydrogen) atoms. The van der Waals surface area contributed by atoms with Crippen LogP contribution in [0.15, 0.2) is 0 Å². The Kier molecular flexibility index (Phi) is 5.03. The molecular weight excluding hydrogens is 132 g/mol. The first kappa shape index (κ1) is 10.6. The molecule has 0 atom stereocenters. The van der Waals surface area contributed by atoms with Crippen molar-refractivity contribution in [1.29, 1.82) is 0 Å². The Labute approximate surface area is 71.4 Å². The van der Waals surface area contributed by atoms with E-state index < -0.39 is 0 Å². The molecule has 0 unspecified atom stereocenters. The maximum atomic E-state index is 3.19. The molecule has 0 rings (SSSR count). The van der Waals surface area contributed by atoms with E-state index in [0.717, 1.165) is 12.8 Å². The van der Waals surface area contributed by atoms with Gasteiger partial charge in [-0.3, -0.25) is 0 Å². The van der Waals surface area contributed by atoms with Gasteiger partial charge in [-0.15, -0.1) is 11.8 Å². The van der Waals surface area contributed by atoms with Gasteiger partial charge in [0.2, 0.25) is 0 Å². The highest BCUT2D eigenvalue weighted by Crippen LogP contribution is 2.19. The van der Waals surface area contributed by atoms with Crippen LogP contribution in [0.4, 0.5) is 0 Å². The van der Waals surface area contributed by atoms with Crippen LogP contribution in [-0.4, -0.2) is 0 Å². The van der Waals surface area contributed by atoms with Crippen molar-refractivity contribution < 1.29 is 0 Å². The maximum Gasteiger partial charge on any atom is 0.00936 e. The summed E-state index contributed by atoms with van der Waals surface area (Å²) in [7, 11) is 0. The minimum absolute atomic E-state index is 0.445. The number of hydrogen-bond donors (Lipinski definition) is 0. The first-order valence-electron chi connectivity index (χ1n) is 4.52. The van der Waals surface area contributed by atoms with Crippen molar-refractivity contribution >= 4 is 0 Å². The standard InChI is InChI=1S/C11H20/c1-5-6-7-8-9-10-11(2,3)4/h5-6,9-10H2,1-4H3. The van der Waals surface area contributed by atoms with E-state index in [-0.39, 0.29) is 0 Å². The average molecular weight is 152 g/mol. The van der Waals surface area contributed by atoms with E-state index in [4.69, 9.17) is 0 Å². The van der Waals surface area contributed by atoms with Gasteiger partial charge >= 0.3 is 0 Å². The summed E-state index contributed by atoms with van der Waals surface area (Å²) in [5.74, 6) is 6.35. The van der Waals surface area contributed by atoms with Crippen molar-refractivity contribution in [1.82, 2.24) is 0 Å². The van der Waals surface area contributed by atoms with Crippen LogP contribution < -0.4 is 0 Å². The highest BCUT2D eigenvalue weighted by atomic mass is 14.1. The van der Waals surface area contributed by atoms with Gasteiger partial charge in [-0.2, -0.15) is 0 Å². The summed E-state index contributed by atoms with van der Waals surface area (Å²) in [5.41, 5.74) is 0.445. The van der Waals surface area contributed by atoms with E-state index in [0.29, 0.717) is 5.41 Å². The molecule has 0 bridgehead atoms. The summed E-state index contributed by atoms with van der Waals surface area (Å²) in [5, 5.41) is 0. The van der Waals surface area contributed by atoms with Gasteiger partial charge in [0.15, 0.2) is 0 Å². The van der Waals surface area contributed by atoms with Gasteiger partial charge in [0, 0.05) is 12.8 Å². The first-order valence-corrected chi connectivity index (χ1v) is 4.52. The summed E-state index contributed by atoms with van der Waals surface area (Å²) in [6.07, 6.45) is 4.51. The van der Waals surface area contributed by atoms with E-state index >= 15 is 0 Å². The summed E-state index contributed by atoms with van der Waals surface area (Å²) >= 11 is 0. The normalized spacial score (nSPS) is 10.5. The Balaban J connectivity index is 3.36. The van der Waals surface area contributed by atoms with Crippen molar-refractivity contribution in [2.75, 3.05) is 0 Å². The van der Waals surface area contributed by atoms with Gasteiger partial charge in [-0.05, 0) is 18.3 Å². The molecule has 0 fully saturated rings. The average Bonchev–Trinajstić information content (AvgIpc) is 1.85. The molecule has 0 aromatic heterocycles. The number of hydrogen-bond acceptors (Lipinski definition) is 0. The molecule has 0 N–H and O–H groups in total. The molecule has 0 aliphatic rings. The van der Waals surface area contributed by atoms with Crippen molar-refractivity contribution in [3.05, 3.63) is 0 Å². The zero-order valence-electron chi connectivity index (χ0n) is 8.33. The first-order chi connectivity index (χ1) is 5.06. The summed E-state index contributed by atoms with van der Waals surface area (Å²) in [6.45, 7) is 8.94. The van der Waals surface area contributed by atoms with Crippen LogP contribution in [0.3, 0.4) is 0 Å². The van der Waals surface area contributed by atoms with Crippen LogP contribution in [0.25, 0.3) is 0 Å². The summed E-state index contributed by atoms with van der Waals surface area (Å²) in [6, 6.07) is 0. The van der Waals surface area contributed by atoms with Gasteiger partial charge < -0.3 is 0 Å². The van der Waals surface area contributed by atoms with E-state index in [2.05, 4.69) is 39.5 Å². The maximum absolute atomic E-state index is 3.19. The number of rotatable bonds is 2. The largest absolute Gasteiger partial charge is 0.103 e. The lowest BCUT2D eigenvalue weighted by atomic mass is 9.91. The molecular formula is C11H20. The van der Waals surface area contributed by atoms with Crippen molar-refractivity contribution in [2.24, 2.45) is 5.41 Å². The fourth-order valence-electron chi connectivity index (χ4n) is 0.739. The Morgan fingerprint density at radius 2 is 1.55 bits per heavy atom. The highest BCUT2D eigenvalue weighted by molar-refractivity contribution is 4.98. The molecule has 0 saturated carbocycles. The van der Waals surface area contributed by atoms with Crippen LogP contribution in [0.1, 0.15) is 53.4 Å². The monoisotopic (exact) mass is 152 g/mol. The third-order valence-corrected chi connectivity index (χ3v) is 1.50. The predicted octanol–water partition coefficient (Wildman–Crippen LogP) is 3.62. The molecule has 0 aliphatic carbocycles. The van der Waals surface area contributed by atoms with Crippen LogP contribution in [0.5, 0.6) is 0 Å².